The molecule has 0 heterocycles. The monoisotopic (exact) mass is 208 g/mol. The molecule has 0 radical (unpaired) electrons. The molecule has 0 N–H and O–H groups in total. The Morgan fingerprint density at radius 1 is 1.33 bits per heavy atom. The van der Waals surface area contributed by atoms with Crippen LogP contribution in [0.2, 0.25) is 0 Å². The van der Waals surface area contributed by atoms with Crippen LogP contribution >= 0.6 is 0 Å². The molecule has 1 unspecified atom stereocenters. The van der Waals surface area contributed by atoms with Gasteiger partial charge in [-0.05, 0) is 37.5 Å². The van der Waals surface area contributed by atoms with Crippen LogP contribution in [0, 0.1) is 25.6 Å². The molecule has 0 aliphatic rings. The Morgan fingerprint density at radius 2 is 1.93 bits per heavy atom. The summed E-state index contributed by atoms with van der Waals surface area (Å²) < 4.78 is 13.3. The Balaban J connectivity index is 3.15. The summed E-state index contributed by atoms with van der Waals surface area (Å²) in [6.45, 7) is 7.39. The summed E-state index contributed by atoms with van der Waals surface area (Å²) >= 11 is 0. The molecular formula is C13H17FO. The van der Waals surface area contributed by atoms with E-state index in [4.69, 9.17) is 0 Å². The van der Waals surface area contributed by atoms with Gasteiger partial charge in [-0.15, -0.1) is 0 Å². The van der Waals surface area contributed by atoms with E-state index in [1.54, 1.807) is 13.0 Å². The van der Waals surface area contributed by atoms with Gasteiger partial charge in [-0.25, -0.2) is 4.39 Å². The Kier molecular flexibility index (Phi) is 3.61. The molecular weight excluding hydrogens is 191 g/mol. The Labute approximate surface area is 90.3 Å². The molecule has 0 bridgehead atoms. The topological polar surface area (TPSA) is 17.1 Å². The van der Waals surface area contributed by atoms with E-state index in [0.717, 1.165) is 12.0 Å². The van der Waals surface area contributed by atoms with Crippen molar-refractivity contribution in [2.45, 2.75) is 34.1 Å². The number of aryl methyl sites for hydroxylation is 2. The molecule has 0 aliphatic heterocycles. The van der Waals surface area contributed by atoms with E-state index >= 15 is 0 Å². The third-order valence-corrected chi connectivity index (χ3v) is 2.83. The summed E-state index contributed by atoms with van der Waals surface area (Å²) in [7, 11) is 0. The van der Waals surface area contributed by atoms with Gasteiger partial charge in [-0.3, -0.25) is 4.79 Å². The highest BCUT2D eigenvalue weighted by Crippen LogP contribution is 2.19. The van der Waals surface area contributed by atoms with E-state index in [-0.39, 0.29) is 17.5 Å². The predicted molar refractivity (Wildman–Crippen MR) is 59.7 cm³/mol. The van der Waals surface area contributed by atoms with Gasteiger partial charge >= 0.3 is 0 Å². The fraction of sp³-hybridized carbons (Fsp3) is 0.462. The Morgan fingerprint density at radius 3 is 2.47 bits per heavy atom. The zero-order valence-corrected chi connectivity index (χ0v) is 9.73. The minimum absolute atomic E-state index is 0.0360. The van der Waals surface area contributed by atoms with E-state index in [1.807, 2.05) is 20.8 Å². The fourth-order valence-corrected chi connectivity index (χ4v) is 1.54. The lowest BCUT2D eigenvalue weighted by molar-refractivity contribution is 0.0926. The second-order valence-corrected chi connectivity index (χ2v) is 4.09. The van der Waals surface area contributed by atoms with E-state index in [2.05, 4.69) is 0 Å². The van der Waals surface area contributed by atoms with Crippen molar-refractivity contribution in [3.63, 3.8) is 0 Å². The maximum atomic E-state index is 13.3. The van der Waals surface area contributed by atoms with Crippen LogP contribution in [0.15, 0.2) is 12.1 Å². The second kappa shape index (κ2) is 4.56. The SMILES string of the molecule is CCC(C)C(=O)c1cc(F)c(C)cc1C. The molecule has 0 spiro atoms. The molecule has 82 valence electrons. The lowest BCUT2D eigenvalue weighted by Gasteiger charge is -2.11. The van der Waals surface area contributed by atoms with Gasteiger partial charge < -0.3 is 0 Å². The van der Waals surface area contributed by atoms with Gasteiger partial charge in [0.05, 0.1) is 0 Å². The molecule has 1 aromatic rings. The third-order valence-electron chi connectivity index (χ3n) is 2.83. The zero-order valence-electron chi connectivity index (χ0n) is 9.73. The van der Waals surface area contributed by atoms with Crippen LogP contribution in [0.25, 0.3) is 0 Å². The first-order valence-corrected chi connectivity index (χ1v) is 5.28. The van der Waals surface area contributed by atoms with Crippen LogP contribution in [0.3, 0.4) is 0 Å². The summed E-state index contributed by atoms with van der Waals surface area (Å²) in [4.78, 5) is 11.9. The number of benzene rings is 1. The summed E-state index contributed by atoms with van der Waals surface area (Å²) in [5.41, 5.74) is 1.97. The molecule has 1 rings (SSSR count). The quantitative estimate of drug-likeness (QED) is 0.693. The standard InChI is InChI=1S/C13H17FO/c1-5-8(2)13(15)11-7-12(14)10(4)6-9(11)3/h6-8H,5H2,1-4H3. The van der Waals surface area contributed by atoms with Gasteiger partial charge in [0.15, 0.2) is 5.78 Å². The van der Waals surface area contributed by atoms with Crippen molar-refractivity contribution in [1.29, 1.82) is 0 Å². The van der Waals surface area contributed by atoms with E-state index < -0.39 is 0 Å². The average Bonchev–Trinajstić information content (AvgIpc) is 2.21. The Bertz CT molecular complexity index is 382. The molecule has 1 nitrogen and oxygen atoms in total. The molecule has 1 atom stereocenters. The van der Waals surface area contributed by atoms with E-state index in [1.165, 1.54) is 6.07 Å². The average molecular weight is 208 g/mol. The highest BCUT2D eigenvalue weighted by atomic mass is 19.1. The molecule has 0 fully saturated rings. The van der Waals surface area contributed by atoms with Crippen LogP contribution in [0.1, 0.15) is 41.8 Å². The van der Waals surface area contributed by atoms with Crippen molar-refractivity contribution in [3.8, 4) is 0 Å². The van der Waals surface area contributed by atoms with Gasteiger partial charge in [0.25, 0.3) is 0 Å². The van der Waals surface area contributed by atoms with Crippen molar-refractivity contribution >= 4 is 5.78 Å². The van der Waals surface area contributed by atoms with E-state index in [9.17, 15) is 9.18 Å². The number of carbonyl (C=O) groups is 1. The van der Waals surface area contributed by atoms with Crippen LogP contribution in [-0.2, 0) is 0 Å². The number of hydrogen-bond donors (Lipinski definition) is 0. The van der Waals surface area contributed by atoms with Crippen LogP contribution < -0.4 is 0 Å². The third kappa shape index (κ3) is 2.44. The molecule has 0 aliphatic carbocycles. The molecule has 0 amide bonds. The molecule has 0 saturated heterocycles. The van der Waals surface area contributed by atoms with Gasteiger partial charge in [0.1, 0.15) is 5.82 Å². The van der Waals surface area contributed by atoms with Crippen molar-refractivity contribution in [1.82, 2.24) is 0 Å². The first-order chi connectivity index (χ1) is 6.97. The summed E-state index contributed by atoms with van der Waals surface area (Å²) in [5, 5.41) is 0. The van der Waals surface area contributed by atoms with Crippen molar-refractivity contribution in [2.24, 2.45) is 5.92 Å². The molecule has 15 heavy (non-hydrogen) atoms. The number of hydrogen-bond acceptors (Lipinski definition) is 1. The number of halogens is 1. The Hall–Kier alpha value is -1.18. The van der Waals surface area contributed by atoms with Crippen molar-refractivity contribution < 1.29 is 9.18 Å². The summed E-state index contributed by atoms with van der Waals surface area (Å²) in [5.74, 6) is -0.299. The van der Waals surface area contributed by atoms with Crippen molar-refractivity contribution in [3.05, 3.63) is 34.6 Å². The maximum Gasteiger partial charge on any atom is 0.166 e. The first-order valence-electron chi connectivity index (χ1n) is 5.28. The number of ketones is 1. The predicted octanol–water partition coefficient (Wildman–Crippen LogP) is 3.67. The van der Waals surface area contributed by atoms with Gasteiger partial charge in [-0.2, -0.15) is 0 Å². The summed E-state index contributed by atoms with van der Waals surface area (Å²) in [6.07, 6.45) is 0.785. The minimum Gasteiger partial charge on any atom is -0.294 e. The lowest BCUT2D eigenvalue weighted by atomic mass is 9.93. The lowest BCUT2D eigenvalue weighted by Crippen LogP contribution is -2.12. The van der Waals surface area contributed by atoms with Gasteiger partial charge in [0, 0.05) is 11.5 Å². The van der Waals surface area contributed by atoms with Crippen LogP contribution in [0.4, 0.5) is 4.39 Å². The van der Waals surface area contributed by atoms with E-state index in [0.29, 0.717) is 11.1 Å². The fourth-order valence-electron chi connectivity index (χ4n) is 1.54. The normalized spacial score (nSPS) is 12.6. The first kappa shape index (κ1) is 11.9. The van der Waals surface area contributed by atoms with Gasteiger partial charge in [0.2, 0.25) is 0 Å². The largest absolute Gasteiger partial charge is 0.294 e. The second-order valence-electron chi connectivity index (χ2n) is 4.09. The molecule has 0 aromatic heterocycles. The van der Waals surface area contributed by atoms with Crippen LogP contribution in [0.5, 0.6) is 0 Å². The molecule has 0 saturated carbocycles. The number of carbonyl (C=O) groups excluding carboxylic acids is 1. The molecule has 2 heteroatoms. The summed E-state index contributed by atoms with van der Waals surface area (Å²) in [6, 6.07) is 3.09. The maximum absolute atomic E-state index is 13.3. The van der Waals surface area contributed by atoms with Crippen molar-refractivity contribution in [2.75, 3.05) is 0 Å². The zero-order chi connectivity index (χ0) is 11.6. The minimum atomic E-state index is -0.299. The number of rotatable bonds is 3. The number of Topliss-reactive ketones (excluding diaryl/α,β-unsaturated/α-hetero) is 1. The highest BCUT2D eigenvalue weighted by Gasteiger charge is 2.16. The molecule has 1 aromatic carbocycles. The highest BCUT2D eigenvalue weighted by molar-refractivity contribution is 5.98. The van der Waals surface area contributed by atoms with Gasteiger partial charge in [-0.1, -0.05) is 19.9 Å². The van der Waals surface area contributed by atoms with Crippen LogP contribution in [-0.4, -0.2) is 5.78 Å². The smallest absolute Gasteiger partial charge is 0.166 e.